The Morgan fingerprint density at radius 1 is 1.40 bits per heavy atom. The summed E-state index contributed by atoms with van der Waals surface area (Å²) in [6.45, 7) is 3.51. The molecule has 0 aliphatic carbocycles. The second-order valence-electron chi connectivity index (χ2n) is 3.71. The van der Waals surface area contributed by atoms with Crippen LogP contribution in [0.1, 0.15) is 12.1 Å². The van der Waals surface area contributed by atoms with Crippen LogP contribution in [0.3, 0.4) is 0 Å². The Balaban J connectivity index is 2.37. The zero-order valence-corrected chi connectivity index (χ0v) is 9.53. The number of hydrogen-bond acceptors (Lipinski definition) is 5. The highest BCUT2D eigenvalue weighted by molar-refractivity contribution is 5.25. The van der Waals surface area contributed by atoms with E-state index in [9.17, 15) is 0 Å². The Morgan fingerprint density at radius 2 is 2.13 bits per heavy atom. The molecule has 1 aromatic heterocycles. The molecule has 84 valence electrons. The highest BCUT2D eigenvalue weighted by Gasteiger charge is 2.00. The summed E-state index contributed by atoms with van der Waals surface area (Å²) in [7, 11) is 4.07. The van der Waals surface area contributed by atoms with Crippen molar-refractivity contribution >= 4 is 5.95 Å². The number of ether oxygens (including phenoxy) is 1. The van der Waals surface area contributed by atoms with Gasteiger partial charge in [-0.2, -0.15) is 4.98 Å². The number of aromatic nitrogens is 2. The first-order valence-corrected chi connectivity index (χ1v) is 4.96. The first-order chi connectivity index (χ1) is 7.08. The molecule has 1 heterocycles. The van der Waals surface area contributed by atoms with Crippen LogP contribution in [0, 0.1) is 6.92 Å². The molecule has 0 saturated carbocycles. The Bertz CT molecular complexity index is 294. The van der Waals surface area contributed by atoms with Crippen LogP contribution in [0.15, 0.2) is 6.07 Å². The molecule has 0 spiro atoms. The van der Waals surface area contributed by atoms with Gasteiger partial charge in [0, 0.05) is 18.3 Å². The van der Waals surface area contributed by atoms with E-state index in [1.807, 2.05) is 21.0 Å². The van der Waals surface area contributed by atoms with Crippen molar-refractivity contribution in [3.8, 4) is 5.88 Å². The molecule has 5 heteroatoms. The van der Waals surface area contributed by atoms with Crippen LogP contribution in [0.25, 0.3) is 0 Å². The van der Waals surface area contributed by atoms with Crippen molar-refractivity contribution in [1.29, 1.82) is 0 Å². The van der Waals surface area contributed by atoms with Gasteiger partial charge in [0.25, 0.3) is 0 Å². The zero-order chi connectivity index (χ0) is 11.3. The Labute approximate surface area is 90.3 Å². The van der Waals surface area contributed by atoms with E-state index in [4.69, 9.17) is 10.5 Å². The molecule has 1 rings (SSSR count). The second kappa shape index (κ2) is 5.50. The number of hydrogen-bond donors (Lipinski definition) is 1. The van der Waals surface area contributed by atoms with E-state index in [1.165, 1.54) is 0 Å². The van der Waals surface area contributed by atoms with Crippen LogP contribution < -0.4 is 10.5 Å². The summed E-state index contributed by atoms with van der Waals surface area (Å²) < 4.78 is 5.46. The van der Waals surface area contributed by atoms with Gasteiger partial charge in [-0.1, -0.05) is 0 Å². The number of nitrogens with zero attached hydrogens (tertiary/aromatic N) is 3. The fourth-order valence-electron chi connectivity index (χ4n) is 1.19. The third kappa shape index (κ3) is 4.60. The molecule has 0 unspecified atom stereocenters. The minimum Gasteiger partial charge on any atom is -0.477 e. The van der Waals surface area contributed by atoms with Crippen molar-refractivity contribution in [3.63, 3.8) is 0 Å². The van der Waals surface area contributed by atoms with Crippen LogP contribution in [-0.4, -0.2) is 42.1 Å². The molecule has 0 amide bonds. The summed E-state index contributed by atoms with van der Waals surface area (Å²) in [6.07, 6.45) is 0.968. The van der Waals surface area contributed by atoms with Gasteiger partial charge in [-0.25, -0.2) is 4.98 Å². The van der Waals surface area contributed by atoms with E-state index in [-0.39, 0.29) is 5.95 Å². The van der Waals surface area contributed by atoms with E-state index < -0.39 is 0 Å². The molecule has 0 radical (unpaired) electrons. The number of nitrogen functional groups attached to an aromatic ring is 1. The molecule has 0 saturated heterocycles. The summed E-state index contributed by atoms with van der Waals surface area (Å²) in [5, 5.41) is 0. The lowest BCUT2D eigenvalue weighted by Crippen LogP contribution is -2.15. The molecule has 5 nitrogen and oxygen atoms in total. The quantitative estimate of drug-likeness (QED) is 0.725. The largest absolute Gasteiger partial charge is 0.477 e. The second-order valence-corrected chi connectivity index (χ2v) is 3.71. The SMILES string of the molecule is Cc1cc(OCCCN(C)C)nc(N)n1. The highest BCUT2D eigenvalue weighted by atomic mass is 16.5. The van der Waals surface area contributed by atoms with Gasteiger partial charge in [0.05, 0.1) is 6.61 Å². The van der Waals surface area contributed by atoms with Gasteiger partial charge in [-0.05, 0) is 27.4 Å². The van der Waals surface area contributed by atoms with Crippen molar-refractivity contribution in [3.05, 3.63) is 11.8 Å². The van der Waals surface area contributed by atoms with E-state index in [0.29, 0.717) is 12.5 Å². The number of nitrogens with two attached hydrogens (primary N) is 1. The van der Waals surface area contributed by atoms with Crippen LogP contribution in [0.4, 0.5) is 5.95 Å². The lowest BCUT2D eigenvalue weighted by Gasteiger charge is -2.10. The predicted octanol–water partition coefficient (Wildman–Crippen LogP) is 0.698. The molecule has 0 aromatic carbocycles. The lowest BCUT2D eigenvalue weighted by atomic mass is 10.4. The molecule has 15 heavy (non-hydrogen) atoms. The fraction of sp³-hybridized carbons (Fsp3) is 0.600. The minimum absolute atomic E-state index is 0.262. The van der Waals surface area contributed by atoms with E-state index in [0.717, 1.165) is 18.7 Å². The third-order valence-corrected chi connectivity index (χ3v) is 1.85. The molecule has 2 N–H and O–H groups in total. The molecule has 0 aliphatic heterocycles. The molecular weight excluding hydrogens is 192 g/mol. The molecule has 0 bridgehead atoms. The van der Waals surface area contributed by atoms with Gasteiger partial charge in [-0.3, -0.25) is 0 Å². The monoisotopic (exact) mass is 210 g/mol. The molecule has 1 aromatic rings. The number of anilines is 1. The average molecular weight is 210 g/mol. The van der Waals surface area contributed by atoms with E-state index in [2.05, 4.69) is 14.9 Å². The van der Waals surface area contributed by atoms with Gasteiger partial charge in [0.15, 0.2) is 0 Å². The number of aryl methyl sites for hydroxylation is 1. The van der Waals surface area contributed by atoms with Crippen molar-refractivity contribution in [1.82, 2.24) is 14.9 Å². The fourth-order valence-corrected chi connectivity index (χ4v) is 1.19. The van der Waals surface area contributed by atoms with Crippen LogP contribution >= 0.6 is 0 Å². The summed E-state index contributed by atoms with van der Waals surface area (Å²) in [4.78, 5) is 10.1. The van der Waals surface area contributed by atoms with Gasteiger partial charge in [0.1, 0.15) is 0 Å². The van der Waals surface area contributed by atoms with Crippen molar-refractivity contribution in [2.24, 2.45) is 0 Å². The lowest BCUT2D eigenvalue weighted by molar-refractivity contribution is 0.273. The number of rotatable bonds is 5. The normalized spacial score (nSPS) is 10.7. The van der Waals surface area contributed by atoms with Crippen LogP contribution in [0.5, 0.6) is 5.88 Å². The van der Waals surface area contributed by atoms with Gasteiger partial charge < -0.3 is 15.4 Å². The maximum atomic E-state index is 5.50. The molecular formula is C10H18N4O. The van der Waals surface area contributed by atoms with Gasteiger partial charge in [0.2, 0.25) is 11.8 Å². The minimum atomic E-state index is 0.262. The van der Waals surface area contributed by atoms with Gasteiger partial charge in [-0.15, -0.1) is 0 Å². The predicted molar refractivity (Wildman–Crippen MR) is 59.8 cm³/mol. The van der Waals surface area contributed by atoms with Crippen molar-refractivity contribution in [2.75, 3.05) is 33.0 Å². The van der Waals surface area contributed by atoms with Crippen molar-refractivity contribution in [2.45, 2.75) is 13.3 Å². The van der Waals surface area contributed by atoms with Crippen molar-refractivity contribution < 1.29 is 4.74 Å². The maximum Gasteiger partial charge on any atom is 0.223 e. The topological polar surface area (TPSA) is 64.3 Å². The Hall–Kier alpha value is -1.36. The van der Waals surface area contributed by atoms with E-state index >= 15 is 0 Å². The average Bonchev–Trinajstić information content (AvgIpc) is 2.10. The first-order valence-electron chi connectivity index (χ1n) is 4.96. The summed E-state index contributed by atoms with van der Waals surface area (Å²) in [5.41, 5.74) is 6.33. The highest BCUT2D eigenvalue weighted by Crippen LogP contribution is 2.09. The summed E-state index contributed by atoms with van der Waals surface area (Å²) in [5.74, 6) is 0.816. The van der Waals surface area contributed by atoms with Crippen LogP contribution in [0.2, 0.25) is 0 Å². The third-order valence-electron chi connectivity index (χ3n) is 1.85. The van der Waals surface area contributed by atoms with Gasteiger partial charge >= 0.3 is 0 Å². The van der Waals surface area contributed by atoms with E-state index in [1.54, 1.807) is 6.07 Å². The Morgan fingerprint density at radius 3 is 2.73 bits per heavy atom. The standard InChI is InChI=1S/C10H18N4O/c1-8-7-9(13-10(11)12-8)15-6-4-5-14(2)3/h7H,4-6H2,1-3H3,(H2,11,12,13). The molecule has 0 atom stereocenters. The van der Waals surface area contributed by atoms with Crippen LogP contribution in [-0.2, 0) is 0 Å². The molecule has 0 fully saturated rings. The summed E-state index contributed by atoms with van der Waals surface area (Å²) >= 11 is 0. The maximum absolute atomic E-state index is 5.50. The smallest absolute Gasteiger partial charge is 0.223 e. The Kier molecular flexibility index (Phi) is 4.30. The summed E-state index contributed by atoms with van der Waals surface area (Å²) in [6, 6.07) is 1.78. The zero-order valence-electron chi connectivity index (χ0n) is 9.53. The molecule has 0 aliphatic rings. The first kappa shape index (κ1) is 11.7.